The van der Waals surface area contributed by atoms with Gasteiger partial charge in [-0.1, -0.05) is 26.2 Å². The molecule has 0 N–H and O–H groups in total. The minimum Gasteiger partial charge on any atom is -0.477 e. The lowest BCUT2D eigenvalue weighted by molar-refractivity contribution is 0.293. The highest BCUT2D eigenvalue weighted by Crippen LogP contribution is 2.43. The van der Waals surface area contributed by atoms with Crippen LogP contribution in [0.4, 0.5) is 0 Å². The van der Waals surface area contributed by atoms with Crippen LogP contribution in [0.2, 0.25) is 0 Å². The van der Waals surface area contributed by atoms with Crippen molar-refractivity contribution < 1.29 is 4.74 Å². The third-order valence-electron chi connectivity index (χ3n) is 2.93. The molecule has 90 valence electrons. The number of rotatable bonds is 7. The van der Waals surface area contributed by atoms with Crippen LogP contribution in [0.1, 0.15) is 61.3 Å². The van der Waals surface area contributed by atoms with Crippen molar-refractivity contribution in [2.45, 2.75) is 58.3 Å². The summed E-state index contributed by atoms with van der Waals surface area (Å²) in [5.74, 6) is 1.64. The minimum atomic E-state index is 0.751. The van der Waals surface area contributed by atoms with Gasteiger partial charge in [0.1, 0.15) is 5.01 Å². The number of hydrogen-bond acceptors (Lipinski definition) is 3. The van der Waals surface area contributed by atoms with Crippen LogP contribution >= 0.6 is 11.3 Å². The van der Waals surface area contributed by atoms with E-state index in [2.05, 4.69) is 18.8 Å². The third kappa shape index (κ3) is 3.21. The van der Waals surface area contributed by atoms with Crippen molar-refractivity contribution in [1.82, 2.24) is 4.98 Å². The molecule has 0 saturated heterocycles. The molecule has 1 aliphatic rings. The first-order valence-corrected chi connectivity index (χ1v) is 7.23. The molecule has 2 nitrogen and oxygen atoms in total. The van der Waals surface area contributed by atoms with Crippen LogP contribution in [0.15, 0.2) is 0 Å². The Morgan fingerprint density at radius 3 is 2.81 bits per heavy atom. The van der Waals surface area contributed by atoms with Crippen molar-refractivity contribution in [3.05, 3.63) is 9.88 Å². The highest BCUT2D eigenvalue weighted by Gasteiger charge is 2.27. The first-order chi connectivity index (χ1) is 7.81. The van der Waals surface area contributed by atoms with Crippen LogP contribution in [-0.4, -0.2) is 11.6 Å². The van der Waals surface area contributed by atoms with E-state index in [1.807, 2.05) is 11.3 Å². The number of aromatic nitrogens is 1. The van der Waals surface area contributed by atoms with Gasteiger partial charge in [-0.05, 0) is 26.2 Å². The van der Waals surface area contributed by atoms with Gasteiger partial charge in [-0.25, -0.2) is 4.98 Å². The Bertz CT molecular complexity index is 331. The standard InChI is InChI=1S/C13H21NOS/c1-3-4-5-6-9-15-12-10(2)16-13(14-12)11-7-8-11/h11H,3-9H2,1-2H3. The molecule has 1 aromatic heterocycles. The van der Waals surface area contributed by atoms with Gasteiger partial charge in [0.15, 0.2) is 0 Å². The average Bonchev–Trinajstić information content (AvgIpc) is 3.05. The second-order valence-corrected chi connectivity index (χ2v) is 5.83. The van der Waals surface area contributed by atoms with E-state index in [4.69, 9.17) is 4.74 Å². The summed E-state index contributed by atoms with van der Waals surface area (Å²) in [5, 5.41) is 1.29. The fourth-order valence-electron chi connectivity index (χ4n) is 1.74. The van der Waals surface area contributed by atoms with Gasteiger partial charge in [-0.15, -0.1) is 11.3 Å². The van der Waals surface area contributed by atoms with Crippen LogP contribution in [0.5, 0.6) is 5.88 Å². The lowest BCUT2D eigenvalue weighted by Gasteiger charge is -2.03. The maximum atomic E-state index is 5.74. The van der Waals surface area contributed by atoms with E-state index in [9.17, 15) is 0 Å². The lowest BCUT2D eigenvalue weighted by Crippen LogP contribution is -1.98. The predicted octanol–water partition coefficient (Wildman–Crippen LogP) is 4.29. The summed E-state index contributed by atoms with van der Waals surface area (Å²) >= 11 is 1.82. The zero-order valence-electron chi connectivity index (χ0n) is 10.3. The summed E-state index contributed by atoms with van der Waals surface area (Å²) in [6.07, 6.45) is 7.67. The Morgan fingerprint density at radius 2 is 2.12 bits per heavy atom. The quantitative estimate of drug-likeness (QED) is 0.662. The highest BCUT2D eigenvalue weighted by atomic mass is 32.1. The SMILES string of the molecule is CCCCCCOc1nc(C2CC2)sc1C. The van der Waals surface area contributed by atoms with Gasteiger partial charge >= 0.3 is 0 Å². The van der Waals surface area contributed by atoms with Crippen LogP contribution in [0.3, 0.4) is 0 Å². The smallest absolute Gasteiger partial charge is 0.227 e. The van der Waals surface area contributed by atoms with E-state index in [-0.39, 0.29) is 0 Å². The van der Waals surface area contributed by atoms with Gasteiger partial charge in [0, 0.05) is 5.92 Å². The number of nitrogens with zero attached hydrogens (tertiary/aromatic N) is 1. The number of unbranched alkanes of at least 4 members (excludes halogenated alkanes) is 3. The zero-order valence-corrected chi connectivity index (χ0v) is 11.1. The number of ether oxygens (including phenoxy) is 1. The van der Waals surface area contributed by atoms with Crippen LogP contribution < -0.4 is 4.74 Å². The Hall–Kier alpha value is -0.570. The largest absolute Gasteiger partial charge is 0.477 e. The zero-order chi connectivity index (χ0) is 11.4. The number of aryl methyl sites for hydroxylation is 1. The molecule has 2 rings (SSSR count). The van der Waals surface area contributed by atoms with Gasteiger partial charge in [-0.2, -0.15) is 0 Å². The van der Waals surface area contributed by atoms with Crippen molar-refractivity contribution >= 4 is 11.3 Å². The Labute approximate surface area is 102 Å². The molecule has 16 heavy (non-hydrogen) atoms. The Balaban J connectivity index is 1.75. The fraction of sp³-hybridized carbons (Fsp3) is 0.769. The number of thiazole rings is 1. The van der Waals surface area contributed by atoms with Crippen LogP contribution in [-0.2, 0) is 0 Å². The highest BCUT2D eigenvalue weighted by molar-refractivity contribution is 7.12. The summed E-state index contributed by atoms with van der Waals surface area (Å²) in [7, 11) is 0. The summed E-state index contributed by atoms with van der Waals surface area (Å²) in [6.45, 7) is 5.17. The molecule has 1 fully saturated rings. The molecule has 0 spiro atoms. The van der Waals surface area contributed by atoms with Gasteiger partial charge in [0.2, 0.25) is 5.88 Å². The van der Waals surface area contributed by atoms with E-state index in [0.29, 0.717) is 0 Å². The van der Waals surface area contributed by atoms with E-state index >= 15 is 0 Å². The third-order valence-corrected chi connectivity index (χ3v) is 4.05. The van der Waals surface area contributed by atoms with E-state index in [0.717, 1.165) is 24.8 Å². The van der Waals surface area contributed by atoms with Crippen molar-refractivity contribution in [3.63, 3.8) is 0 Å². The molecule has 1 aromatic rings. The molecule has 0 aromatic carbocycles. The Kier molecular flexibility index (Phi) is 4.22. The first kappa shape index (κ1) is 11.9. The molecule has 0 bridgehead atoms. The van der Waals surface area contributed by atoms with Gasteiger partial charge < -0.3 is 4.74 Å². The van der Waals surface area contributed by atoms with Crippen molar-refractivity contribution in [2.75, 3.05) is 6.61 Å². The molecule has 3 heteroatoms. The molecule has 1 heterocycles. The second-order valence-electron chi connectivity index (χ2n) is 4.60. The molecule has 0 aliphatic heterocycles. The lowest BCUT2D eigenvalue weighted by atomic mass is 10.2. The minimum absolute atomic E-state index is 0.751. The van der Waals surface area contributed by atoms with Gasteiger partial charge in [-0.3, -0.25) is 0 Å². The van der Waals surface area contributed by atoms with Crippen molar-refractivity contribution in [3.8, 4) is 5.88 Å². The molecule has 0 radical (unpaired) electrons. The van der Waals surface area contributed by atoms with Crippen molar-refractivity contribution in [2.24, 2.45) is 0 Å². The molecule has 1 aliphatic carbocycles. The first-order valence-electron chi connectivity index (χ1n) is 6.41. The summed E-state index contributed by atoms with van der Waals surface area (Å²) in [6, 6.07) is 0. The molecular formula is C13H21NOS. The van der Waals surface area contributed by atoms with E-state index < -0.39 is 0 Å². The summed E-state index contributed by atoms with van der Waals surface area (Å²) in [4.78, 5) is 5.83. The summed E-state index contributed by atoms with van der Waals surface area (Å²) in [5.41, 5.74) is 0. The predicted molar refractivity (Wildman–Crippen MR) is 68.5 cm³/mol. The van der Waals surface area contributed by atoms with Gasteiger partial charge in [0.25, 0.3) is 0 Å². The molecular weight excluding hydrogens is 218 g/mol. The average molecular weight is 239 g/mol. The molecule has 1 saturated carbocycles. The topological polar surface area (TPSA) is 22.1 Å². The van der Waals surface area contributed by atoms with Crippen LogP contribution in [0, 0.1) is 6.92 Å². The second kappa shape index (κ2) is 5.67. The monoisotopic (exact) mass is 239 g/mol. The Morgan fingerprint density at radius 1 is 1.31 bits per heavy atom. The fourth-order valence-corrected chi connectivity index (χ4v) is 2.78. The normalized spacial score (nSPS) is 15.4. The van der Waals surface area contributed by atoms with E-state index in [1.165, 1.54) is 42.0 Å². The van der Waals surface area contributed by atoms with Gasteiger partial charge in [0.05, 0.1) is 11.5 Å². The maximum Gasteiger partial charge on any atom is 0.227 e. The van der Waals surface area contributed by atoms with Crippen molar-refractivity contribution in [1.29, 1.82) is 0 Å². The maximum absolute atomic E-state index is 5.74. The van der Waals surface area contributed by atoms with E-state index in [1.54, 1.807) is 0 Å². The number of hydrogen-bond donors (Lipinski definition) is 0. The van der Waals surface area contributed by atoms with Crippen LogP contribution in [0.25, 0.3) is 0 Å². The molecule has 0 atom stereocenters. The molecule has 0 unspecified atom stereocenters. The molecule has 0 amide bonds. The summed E-state index contributed by atoms with van der Waals surface area (Å²) < 4.78 is 5.74.